The fourth-order valence-corrected chi connectivity index (χ4v) is 8.06. The molecular formula is C40H33N11S2. The van der Waals surface area contributed by atoms with Gasteiger partial charge in [-0.05, 0) is 109 Å². The number of fused-ring (bicyclic) bond motifs is 2. The fourth-order valence-electron chi connectivity index (χ4n) is 6.43. The molecule has 2 aliphatic rings. The molecule has 4 aromatic carbocycles. The van der Waals surface area contributed by atoms with Crippen LogP contribution in [0.3, 0.4) is 0 Å². The number of aromatic nitrogens is 8. The van der Waals surface area contributed by atoms with Gasteiger partial charge >= 0.3 is 0 Å². The van der Waals surface area contributed by atoms with Crippen LogP contribution in [0.4, 0.5) is 29.0 Å². The molecular weight excluding hydrogens is 699 g/mol. The van der Waals surface area contributed by atoms with Crippen molar-refractivity contribution in [2.45, 2.75) is 57.6 Å². The van der Waals surface area contributed by atoms with Crippen molar-refractivity contribution in [1.29, 1.82) is 0 Å². The molecule has 260 valence electrons. The third-order valence-electron chi connectivity index (χ3n) is 9.48. The van der Waals surface area contributed by atoms with Gasteiger partial charge in [-0.15, -0.1) is 0 Å². The Kier molecular flexibility index (Phi) is 7.94. The number of para-hydroxylation sites is 2. The summed E-state index contributed by atoms with van der Waals surface area (Å²) in [6, 6.07) is 34.5. The first-order chi connectivity index (χ1) is 26.1. The predicted molar refractivity (Wildman–Crippen MR) is 211 cm³/mol. The molecule has 0 saturated heterocycles. The van der Waals surface area contributed by atoms with Gasteiger partial charge in [-0.3, -0.25) is 10.2 Å². The molecule has 0 unspecified atom stereocenters. The van der Waals surface area contributed by atoms with Crippen molar-refractivity contribution in [3.05, 3.63) is 115 Å². The summed E-state index contributed by atoms with van der Waals surface area (Å²) >= 11 is 3.00. The lowest BCUT2D eigenvalue weighted by molar-refractivity contribution is 0.964. The molecule has 53 heavy (non-hydrogen) atoms. The molecule has 0 amide bonds. The first-order valence-corrected chi connectivity index (χ1v) is 19.3. The number of hydrogen-bond donors (Lipinski definition) is 5. The minimum absolute atomic E-state index is 0.584. The van der Waals surface area contributed by atoms with Crippen LogP contribution in [0.15, 0.2) is 123 Å². The number of aromatic amines is 2. The van der Waals surface area contributed by atoms with Crippen LogP contribution < -0.4 is 16.4 Å². The van der Waals surface area contributed by atoms with Gasteiger partial charge in [0.1, 0.15) is 11.6 Å². The van der Waals surface area contributed by atoms with Crippen molar-refractivity contribution in [2.75, 3.05) is 16.4 Å². The molecule has 0 aliphatic heterocycles. The highest BCUT2D eigenvalue weighted by Gasteiger charge is 2.26. The van der Waals surface area contributed by atoms with Gasteiger partial charge in [-0.25, -0.2) is 19.9 Å². The molecule has 0 bridgehead atoms. The first-order valence-electron chi connectivity index (χ1n) is 17.6. The molecule has 13 heteroatoms. The van der Waals surface area contributed by atoms with Crippen LogP contribution in [0.25, 0.3) is 32.9 Å². The largest absolute Gasteiger partial charge is 0.398 e. The van der Waals surface area contributed by atoms with Crippen molar-refractivity contribution < 1.29 is 0 Å². The topological polar surface area (TPSA) is 159 Å². The molecule has 2 aliphatic carbocycles. The van der Waals surface area contributed by atoms with Crippen molar-refractivity contribution in [3.8, 4) is 11.1 Å². The Morgan fingerprint density at radius 3 is 1.68 bits per heavy atom. The van der Waals surface area contributed by atoms with Gasteiger partial charge < -0.3 is 16.4 Å². The summed E-state index contributed by atoms with van der Waals surface area (Å²) < 4.78 is 0. The highest BCUT2D eigenvalue weighted by Crippen LogP contribution is 2.42. The second-order valence-corrected chi connectivity index (χ2v) is 15.5. The number of nitrogens with zero attached hydrogens (tertiary/aromatic N) is 6. The molecule has 2 fully saturated rings. The quantitative estimate of drug-likeness (QED) is 0.0637. The van der Waals surface area contributed by atoms with Crippen molar-refractivity contribution in [3.63, 3.8) is 0 Å². The fraction of sp³-hybridized carbons (Fsp3) is 0.150. The van der Waals surface area contributed by atoms with Crippen LogP contribution in [0.2, 0.25) is 0 Å². The van der Waals surface area contributed by atoms with E-state index in [2.05, 4.69) is 67.4 Å². The number of hydrogen-bond acceptors (Lipinski definition) is 11. The maximum absolute atomic E-state index is 6.60. The van der Waals surface area contributed by atoms with Crippen LogP contribution in [0.1, 0.15) is 48.9 Å². The Balaban J connectivity index is 0.918. The lowest BCUT2D eigenvalue weighted by Crippen LogP contribution is -1.99. The molecule has 11 nitrogen and oxygen atoms in total. The third-order valence-corrected chi connectivity index (χ3v) is 11.2. The number of nitrogens with one attached hydrogen (secondary N) is 4. The van der Waals surface area contributed by atoms with E-state index in [0.717, 1.165) is 71.6 Å². The Hall–Kier alpha value is -5.92. The molecule has 0 spiro atoms. The Morgan fingerprint density at radius 1 is 0.566 bits per heavy atom. The molecule has 0 radical (unpaired) electrons. The van der Waals surface area contributed by atoms with Crippen molar-refractivity contribution in [2.24, 2.45) is 0 Å². The second-order valence-electron chi connectivity index (χ2n) is 13.4. The molecule has 10 rings (SSSR count). The lowest BCUT2D eigenvalue weighted by Gasteiger charge is -2.12. The normalized spacial score (nSPS) is 14.2. The smallest absolute Gasteiger partial charge is 0.195 e. The van der Waals surface area contributed by atoms with E-state index >= 15 is 0 Å². The average molecular weight is 732 g/mol. The molecule has 4 aromatic heterocycles. The van der Waals surface area contributed by atoms with Crippen LogP contribution in [0, 0.1) is 0 Å². The molecule has 8 aromatic rings. The van der Waals surface area contributed by atoms with Crippen LogP contribution in [-0.2, 0) is 0 Å². The van der Waals surface area contributed by atoms with E-state index < -0.39 is 0 Å². The highest BCUT2D eigenvalue weighted by molar-refractivity contribution is 7.99. The number of benzene rings is 4. The predicted octanol–water partition coefficient (Wildman–Crippen LogP) is 9.81. The van der Waals surface area contributed by atoms with Crippen molar-refractivity contribution >= 4 is 74.3 Å². The molecule has 2 saturated carbocycles. The van der Waals surface area contributed by atoms with Gasteiger partial charge in [0.05, 0.1) is 11.0 Å². The molecule has 4 heterocycles. The van der Waals surface area contributed by atoms with Crippen molar-refractivity contribution in [1.82, 2.24) is 40.3 Å². The van der Waals surface area contributed by atoms with E-state index in [0.29, 0.717) is 33.7 Å². The zero-order valence-corrected chi connectivity index (χ0v) is 30.0. The summed E-state index contributed by atoms with van der Waals surface area (Å²) in [6.07, 6.45) is 4.82. The minimum Gasteiger partial charge on any atom is -0.398 e. The maximum atomic E-state index is 6.60. The van der Waals surface area contributed by atoms with Gasteiger partial charge in [0, 0.05) is 67.2 Å². The second kappa shape index (κ2) is 13.2. The Bertz CT molecular complexity index is 2640. The Labute approximate surface area is 313 Å². The highest BCUT2D eigenvalue weighted by atomic mass is 32.2. The summed E-state index contributed by atoms with van der Waals surface area (Å²) in [5.41, 5.74) is 13.2. The Morgan fingerprint density at radius 2 is 1.11 bits per heavy atom. The number of rotatable bonds is 11. The number of anilines is 5. The molecule has 6 N–H and O–H groups in total. The number of nitrogen functional groups attached to an aromatic ring is 1. The van der Waals surface area contributed by atoms with Gasteiger partial charge in [0.15, 0.2) is 21.9 Å². The average Bonchev–Trinajstić information content (AvgIpc) is 4.12. The SMILES string of the molecule is Nc1ccc(Sc2nc(Nc3cc(C4CC4)[nH]n3)c3ccccc3n2)cc1-c1cccc(Sc2nc(Nc3cc(C4CC4)[nH]n3)c3ccccc3n2)c1. The van der Waals surface area contributed by atoms with Gasteiger partial charge in [0.25, 0.3) is 0 Å². The molecule has 0 atom stereocenters. The van der Waals surface area contributed by atoms with E-state index in [1.54, 1.807) is 0 Å². The maximum Gasteiger partial charge on any atom is 0.195 e. The van der Waals surface area contributed by atoms with E-state index in [-0.39, 0.29) is 0 Å². The van der Waals surface area contributed by atoms with E-state index in [1.807, 2.05) is 66.7 Å². The van der Waals surface area contributed by atoms with Crippen LogP contribution >= 0.6 is 23.5 Å². The summed E-state index contributed by atoms with van der Waals surface area (Å²) in [5.74, 6) is 4.11. The third kappa shape index (κ3) is 6.76. The zero-order valence-electron chi connectivity index (χ0n) is 28.4. The zero-order chi connectivity index (χ0) is 35.3. The first kappa shape index (κ1) is 31.8. The van der Waals surface area contributed by atoms with Crippen LogP contribution in [-0.4, -0.2) is 40.3 Å². The monoisotopic (exact) mass is 731 g/mol. The van der Waals surface area contributed by atoms with E-state index in [1.165, 1.54) is 49.2 Å². The lowest BCUT2D eigenvalue weighted by atomic mass is 10.0. The number of H-pyrrole nitrogens is 2. The minimum atomic E-state index is 0.584. The standard InChI is InChI=1S/C40H33N11S2/c41-30-17-16-26(53-40-43-32-11-4-2-9-28(32)38(47-40)45-36-21-34(49-51-36)23-14-15-23)19-29(30)24-6-5-7-25(18-24)52-39-42-31-10-3-1-8-27(31)37(46-39)44-35-20-33(48-50-35)22-12-13-22/h1-11,16-23H,12-15,41H2,(H2,42,44,46,48,50)(H2,43,45,47,49,51). The summed E-state index contributed by atoms with van der Waals surface area (Å²) in [6.45, 7) is 0. The van der Waals surface area contributed by atoms with Gasteiger partial charge in [-0.1, -0.05) is 36.4 Å². The number of nitrogens with two attached hydrogens (primary N) is 1. The summed E-state index contributed by atoms with van der Waals surface area (Å²) in [4.78, 5) is 21.6. The summed E-state index contributed by atoms with van der Waals surface area (Å²) in [7, 11) is 0. The van der Waals surface area contributed by atoms with E-state index in [9.17, 15) is 0 Å². The van der Waals surface area contributed by atoms with Gasteiger partial charge in [0.2, 0.25) is 0 Å². The van der Waals surface area contributed by atoms with Crippen LogP contribution in [0.5, 0.6) is 0 Å². The van der Waals surface area contributed by atoms with Gasteiger partial charge in [-0.2, -0.15) is 10.2 Å². The van der Waals surface area contributed by atoms with E-state index in [4.69, 9.17) is 25.7 Å². The summed E-state index contributed by atoms with van der Waals surface area (Å²) in [5, 5.41) is 25.3.